The second kappa shape index (κ2) is 5.67. The van der Waals surface area contributed by atoms with Gasteiger partial charge in [-0.1, -0.05) is 54.2 Å². The summed E-state index contributed by atoms with van der Waals surface area (Å²) in [5, 5.41) is 11.8. The molecule has 0 spiro atoms. The summed E-state index contributed by atoms with van der Waals surface area (Å²) in [6.07, 6.45) is 1.80. The van der Waals surface area contributed by atoms with E-state index in [9.17, 15) is 0 Å². The maximum absolute atomic E-state index is 4.21. The van der Waals surface area contributed by atoms with Crippen LogP contribution in [0.2, 0.25) is 0 Å². The van der Waals surface area contributed by atoms with Crippen molar-refractivity contribution in [3.8, 4) is 0 Å². The number of fused-ring (bicyclic) bond motifs is 1. The van der Waals surface area contributed by atoms with Crippen molar-refractivity contribution in [2.75, 3.05) is 0 Å². The van der Waals surface area contributed by atoms with Crippen LogP contribution in [0, 0.1) is 0 Å². The number of hydrogen-bond donors (Lipinski definition) is 0. The van der Waals surface area contributed by atoms with Crippen LogP contribution in [-0.2, 0) is 5.75 Å². The monoisotopic (exact) mass is 283 g/mol. The Hall–Kier alpha value is -1.81. The number of hydrogen-bond acceptors (Lipinski definition) is 3. The molecular formula is C16H17N3S. The first-order valence-electron chi connectivity index (χ1n) is 6.74. The third kappa shape index (κ3) is 2.56. The average molecular weight is 283 g/mol. The molecule has 1 aromatic heterocycles. The number of aromatic nitrogens is 3. The summed E-state index contributed by atoms with van der Waals surface area (Å²) in [6.45, 7) is 4.29. The zero-order valence-corrected chi connectivity index (χ0v) is 12.5. The van der Waals surface area contributed by atoms with E-state index in [1.807, 2.05) is 0 Å². The molecule has 0 N–H and O–H groups in total. The van der Waals surface area contributed by atoms with E-state index in [1.165, 1.54) is 16.3 Å². The molecule has 0 saturated heterocycles. The first-order valence-corrected chi connectivity index (χ1v) is 7.73. The Kier molecular flexibility index (Phi) is 3.74. The Bertz CT molecular complexity index is 713. The van der Waals surface area contributed by atoms with Gasteiger partial charge in [-0.05, 0) is 30.2 Å². The lowest BCUT2D eigenvalue weighted by Crippen LogP contribution is -2.01. The van der Waals surface area contributed by atoms with E-state index >= 15 is 0 Å². The van der Waals surface area contributed by atoms with Gasteiger partial charge in [-0.3, -0.25) is 0 Å². The normalized spacial score (nSPS) is 11.3. The third-order valence-electron chi connectivity index (χ3n) is 3.33. The molecule has 4 heteroatoms. The van der Waals surface area contributed by atoms with Gasteiger partial charge in [0.2, 0.25) is 0 Å². The van der Waals surface area contributed by atoms with Crippen LogP contribution in [-0.4, -0.2) is 14.8 Å². The zero-order valence-electron chi connectivity index (χ0n) is 11.7. The van der Waals surface area contributed by atoms with Crippen LogP contribution in [0.3, 0.4) is 0 Å². The molecule has 0 aliphatic carbocycles. The van der Waals surface area contributed by atoms with Gasteiger partial charge in [0.15, 0.2) is 5.16 Å². The topological polar surface area (TPSA) is 30.7 Å². The Morgan fingerprint density at radius 1 is 1.10 bits per heavy atom. The fraction of sp³-hybridized carbons (Fsp3) is 0.250. The largest absolute Gasteiger partial charge is 0.306 e. The standard InChI is InChI=1S/C16H17N3S/c1-12(2)19-11-17-18-16(19)20-10-14-8-5-7-13-6-3-4-9-15(13)14/h3-9,11-12H,10H2,1-2H3. The molecule has 0 bridgehead atoms. The molecule has 0 saturated carbocycles. The molecule has 0 aliphatic rings. The number of thioether (sulfide) groups is 1. The van der Waals surface area contributed by atoms with Gasteiger partial charge in [0.05, 0.1) is 0 Å². The summed E-state index contributed by atoms with van der Waals surface area (Å²) in [4.78, 5) is 0. The maximum Gasteiger partial charge on any atom is 0.191 e. The summed E-state index contributed by atoms with van der Waals surface area (Å²) in [6, 6.07) is 15.3. The molecule has 102 valence electrons. The predicted octanol–water partition coefficient (Wildman–Crippen LogP) is 4.30. The van der Waals surface area contributed by atoms with Crippen LogP contribution in [0.25, 0.3) is 10.8 Å². The van der Waals surface area contributed by atoms with Crippen molar-refractivity contribution in [1.82, 2.24) is 14.8 Å². The highest BCUT2D eigenvalue weighted by molar-refractivity contribution is 7.98. The average Bonchev–Trinajstić information content (AvgIpc) is 2.93. The van der Waals surface area contributed by atoms with Crippen molar-refractivity contribution in [1.29, 1.82) is 0 Å². The number of rotatable bonds is 4. The van der Waals surface area contributed by atoms with E-state index < -0.39 is 0 Å². The Morgan fingerprint density at radius 3 is 2.75 bits per heavy atom. The number of nitrogens with zero attached hydrogens (tertiary/aromatic N) is 3. The predicted molar refractivity (Wildman–Crippen MR) is 83.9 cm³/mol. The van der Waals surface area contributed by atoms with E-state index in [0.29, 0.717) is 6.04 Å². The Morgan fingerprint density at radius 2 is 1.90 bits per heavy atom. The fourth-order valence-corrected chi connectivity index (χ4v) is 3.30. The van der Waals surface area contributed by atoms with Crippen molar-refractivity contribution >= 4 is 22.5 Å². The summed E-state index contributed by atoms with van der Waals surface area (Å²) in [7, 11) is 0. The van der Waals surface area contributed by atoms with Crippen molar-refractivity contribution in [2.45, 2.75) is 30.8 Å². The molecule has 3 rings (SSSR count). The quantitative estimate of drug-likeness (QED) is 0.669. The second-order valence-corrected chi connectivity index (χ2v) is 5.98. The minimum absolute atomic E-state index is 0.389. The van der Waals surface area contributed by atoms with Gasteiger partial charge < -0.3 is 4.57 Å². The van der Waals surface area contributed by atoms with E-state index in [0.717, 1.165) is 10.9 Å². The van der Waals surface area contributed by atoms with E-state index in [4.69, 9.17) is 0 Å². The lowest BCUT2D eigenvalue weighted by atomic mass is 10.1. The fourth-order valence-electron chi connectivity index (χ4n) is 2.25. The second-order valence-electron chi connectivity index (χ2n) is 5.04. The van der Waals surface area contributed by atoms with Crippen molar-refractivity contribution in [3.05, 3.63) is 54.4 Å². The highest BCUT2D eigenvalue weighted by Crippen LogP contribution is 2.27. The molecule has 3 nitrogen and oxygen atoms in total. The first kappa shape index (κ1) is 13.2. The molecule has 0 amide bonds. The lowest BCUT2D eigenvalue weighted by molar-refractivity contribution is 0.549. The molecule has 1 heterocycles. The Labute approximate surface area is 123 Å². The summed E-state index contributed by atoms with van der Waals surface area (Å²) >= 11 is 1.74. The van der Waals surface area contributed by atoms with Gasteiger partial charge in [-0.2, -0.15) is 0 Å². The lowest BCUT2D eigenvalue weighted by Gasteiger charge is -2.10. The first-order chi connectivity index (χ1) is 9.75. The van der Waals surface area contributed by atoms with Crippen LogP contribution in [0.1, 0.15) is 25.5 Å². The molecule has 3 aromatic rings. The minimum Gasteiger partial charge on any atom is -0.306 e. The minimum atomic E-state index is 0.389. The highest BCUT2D eigenvalue weighted by atomic mass is 32.2. The highest BCUT2D eigenvalue weighted by Gasteiger charge is 2.09. The Balaban J connectivity index is 1.85. The van der Waals surface area contributed by atoms with Crippen LogP contribution in [0.5, 0.6) is 0 Å². The van der Waals surface area contributed by atoms with Crippen LogP contribution in [0.15, 0.2) is 53.9 Å². The summed E-state index contributed by atoms with van der Waals surface area (Å²) in [5.41, 5.74) is 1.34. The van der Waals surface area contributed by atoms with Gasteiger partial charge in [0.25, 0.3) is 0 Å². The maximum atomic E-state index is 4.21. The van der Waals surface area contributed by atoms with Crippen LogP contribution in [0.4, 0.5) is 0 Å². The molecule has 0 unspecified atom stereocenters. The zero-order chi connectivity index (χ0) is 13.9. The number of benzene rings is 2. The summed E-state index contributed by atoms with van der Waals surface area (Å²) < 4.78 is 2.11. The van der Waals surface area contributed by atoms with Gasteiger partial charge in [-0.25, -0.2) is 0 Å². The van der Waals surface area contributed by atoms with E-state index in [2.05, 4.69) is 71.1 Å². The molecule has 0 fully saturated rings. The van der Waals surface area contributed by atoms with Crippen LogP contribution < -0.4 is 0 Å². The van der Waals surface area contributed by atoms with Crippen molar-refractivity contribution < 1.29 is 0 Å². The van der Waals surface area contributed by atoms with E-state index in [-0.39, 0.29) is 0 Å². The van der Waals surface area contributed by atoms with Gasteiger partial charge in [0.1, 0.15) is 6.33 Å². The van der Waals surface area contributed by atoms with Crippen molar-refractivity contribution in [2.24, 2.45) is 0 Å². The molecule has 0 aliphatic heterocycles. The molecule has 2 aromatic carbocycles. The molecular weight excluding hydrogens is 266 g/mol. The molecule has 0 radical (unpaired) electrons. The van der Waals surface area contributed by atoms with Crippen LogP contribution >= 0.6 is 11.8 Å². The smallest absolute Gasteiger partial charge is 0.191 e. The van der Waals surface area contributed by atoms with Crippen molar-refractivity contribution in [3.63, 3.8) is 0 Å². The third-order valence-corrected chi connectivity index (χ3v) is 4.34. The van der Waals surface area contributed by atoms with E-state index in [1.54, 1.807) is 18.1 Å². The molecule has 20 heavy (non-hydrogen) atoms. The molecule has 0 atom stereocenters. The SMILES string of the molecule is CC(C)n1cnnc1SCc1cccc2ccccc12. The van der Waals surface area contributed by atoms with Gasteiger partial charge in [0, 0.05) is 11.8 Å². The summed E-state index contributed by atoms with van der Waals surface area (Å²) in [5.74, 6) is 0.909. The van der Waals surface area contributed by atoms with Gasteiger partial charge >= 0.3 is 0 Å². The van der Waals surface area contributed by atoms with Gasteiger partial charge in [-0.15, -0.1) is 10.2 Å².